The number of halogens is 1. The van der Waals surface area contributed by atoms with Crippen LogP contribution in [0.4, 0.5) is 0 Å². The molecule has 0 saturated carbocycles. The second-order valence-corrected chi connectivity index (χ2v) is 9.53. The minimum absolute atomic E-state index is 0.0327. The maximum absolute atomic E-state index is 13.6. The Balaban J connectivity index is 1.49. The summed E-state index contributed by atoms with van der Waals surface area (Å²) in [5.74, 6) is 0.379. The zero-order valence-electron chi connectivity index (χ0n) is 19.5. The molecule has 1 aromatic carbocycles. The van der Waals surface area contributed by atoms with Crippen LogP contribution in [0.25, 0.3) is 10.9 Å². The fraction of sp³-hybridized carbons (Fsp3) is 0.423. The maximum atomic E-state index is 13.6. The molecule has 33 heavy (non-hydrogen) atoms. The molecule has 1 fully saturated rings. The van der Waals surface area contributed by atoms with Gasteiger partial charge in [-0.15, -0.1) is 0 Å². The first-order valence-corrected chi connectivity index (χ1v) is 11.9. The van der Waals surface area contributed by atoms with Crippen molar-refractivity contribution in [1.82, 2.24) is 19.8 Å². The molecule has 174 valence electrons. The third-order valence-corrected chi connectivity index (χ3v) is 5.98. The zero-order chi connectivity index (χ0) is 23.4. The monoisotopic (exact) mass is 466 g/mol. The van der Waals surface area contributed by atoms with Gasteiger partial charge in [0.2, 0.25) is 0 Å². The van der Waals surface area contributed by atoms with Gasteiger partial charge in [0.15, 0.2) is 0 Å². The lowest BCUT2D eigenvalue weighted by atomic mass is 10.1. The minimum atomic E-state index is -0.487. The van der Waals surface area contributed by atoms with E-state index in [1.165, 1.54) is 0 Å². The van der Waals surface area contributed by atoms with Crippen molar-refractivity contribution >= 4 is 28.4 Å². The molecule has 0 aliphatic carbocycles. The first-order chi connectivity index (χ1) is 15.9. The van der Waals surface area contributed by atoms with Crippen LogP contribution in [0, 0.1) is 12.8 Å². The Morgan fingerprint density at radius 2 is 2.09 bits per heavy atom. The van der Waals surface area contributed by atoms with Crippen LogP contribution in [-0.4, -0.2) is 58.0 Å². The zero-order valence-corrected chi connectivity index (χ0v) is 20.3. The van der Waals surface area contributed by atoms with Crippen molar-refractivity contribution in [3.8, 4) is 0 Å². The summed E-state index contributed by atoms with van der Waals surface area (Å²) in [7, 11) is 0. The van der Waals surface area contributed by atoms with E-state index in [1.807, 2.05) is 36.1 Å². The quantitative estimate of drug-likeness (QED) is 0.480. The fourth-order valence-electron chi connectivity index (χ4n) is 4.42. The van der Waals surface area contributed by atoms with E-state index >= 15 is 0 Å². The summed E-state index contributed by atoms with van der Waals surface area (Å²) in [5.41, 5.74) is 3.99. The predicted octanol–water partition coefficient (Wildman–Crippen LogP) is 4.48. The van der Waals surface area contributed by atoms with E-state index in [4.69, 9.17) is 16.3 Å². The smallest absolute Gasteiger partial charge is 0.253 e. The van der Waals surface area contributed by atoms with Crippen LogP contribution in [0.2, 0.25) is 5.15 Å². The molecule has 1 saturated heterocycles. The molecule has 6 nitrogen and oxygen atoms in total. The average molecular weight is 467 g/mol. The lowest BCUT2D eigenvalue weighted by Crippen LogP contribution is -2.51. The van der Waals surface area contributed by atoms with Crippen LogP contribution in [0.1, 0.15) is 30.7 Å². The average Bonchev–Trinajstić information content (AvgIpc) is 2.77. The Bertz CT molecular complexity index is 1090. The van der Waals surface area contributed by atoms with Gasteiger partial charge in [0.1, 0.15) is 11.3 Å². The summed E-state index contributed by atoms with van der Waals surface area (Å²) < 4.78 is 5.96. The van der Waals surface area contributed by atoms with Gasteiger partial charge in [0.25, 0.3) is 5.91 Å². The highest BCUT2D eigenvalue weighted by molar-refractivity contribution is 6.29. The summed E-state index contributed by atoms with van der Waals surface area (Å²) in [6.07, 6.45) is 1.31. The van der Waals surface area contributed by atoms with Crippen molar-refractivity contribution in [3.05, 3.63) is 70.6 Å². The van der Waals surface area contributed by atoms with Gasteiger partial charge in [0.05, 0.1) is 12.1 Å². The summed E-state index contributed by atoms with van der Waals surface area (Å²) in [6, 6.07) is 14.0. The van der Waals surface area contributed by atoms with Gasteiger partial charge in [-0.2, -0.15) is 0 Å². The van der Waals surface area contributed by atoms with Crippen molar-refractivity contribution in [2.24, 2.45) is 5.92 Å². The van der Waals surface area contributed by atoms with Crippen molar-refractivity contribution in [1.29, 1.82) is 0 Å². The largest absolute Gasteiger partial charge is 0.366 e. The number of hydrogen-bond donors (Lipinski definition) is 0. The number of aromatic nitrogens is 2. The molecule has 2 aromatic heterocycles. The number of morpholine rings is 1. The Labute approximate surface area is 200 Å². The molecule has 0 bridgehead atoms. The van der Waals surface area contributed by atoms with Crippen molar-refractivity contribution in [3.63, 3.8) is 0 Å². The third-order valence-electron chi connectivity index (χ3n) is 5.79. The number of carbonyl (C=O) groups is 1. The molecule has 1 atom stereocenters. The van der Waals surface area contributed by atoms with Crippen LogP contribution < -0.4 is 0 Å². The molecular weight excluding hydrogens is 436 g/mol. The second kappa shape index (κ2) is 10.6. The number of para-hydroxylation sites is 1. The molecule has 0 radical (unpaired) electrons. The SMILES string of the molecule is Cc1cc(CN2CCOC(C(=O)N(Cc3cccc4cccnc34)CC(C)C)C2)cc(Cl)n1. The molecule has 3 aromatic rings. The van der Waals surface area contributed by atoms with Crippen LogP contribution in [-0.2, 0) is 22.6 Å². The summed E-state index contributed by atoms with van der Waals surface area (Å²) in [5, 5.41) is 1.58. The van der Waals surface area contributed by atoms with Gasteiger partial charge in [-0.1, -0.05) is 49.7 Å². The molecular formula is C26H31ClN4O2. The highest BCUT2D eigenvalue weighted by atomic mass is 35.5. The molecule has 0 spiro atoms. The summed E-state index contributed by atoms with van der Waals surface area (Å²) in [4.78, 5) is 26.6. The lowest BCUT2D eigenvalue weighted by Gasteiger charge is -2.35. The summed E-state index contributed by atoms with van der Waals surface area (Å²) in [6.45, 7) is 9.96. The van der Waals surface area contributed by atoms with E-state index in [-0.39, 0.29) is 5.91 Å². The van der Waals surface area contributed by atoms with Gasteiger partial charge >= 0.3 is 0 Å². The fourth-order valence-corrected chi connectivity index (χ4v) is 4.69. The Kier molecular flexibility index (Phi) is 7.58. The molecule has 4 rings (SSSR count). The van der Waals surface area contributed by atoms with E-state index in [2.05, 4.69) is 46.9 Å². The summed E-state index contributed by atoms with van der Waals surface area (Å²) >= 11 is 6.14. The standard InChI is InChI=1S/C26H31ClN4O2/c1-18(2)14-31(16-22-7-4-6-21-8-5-9-28-25(21)22)26(32)23-17-30(10-11-33-23)15-20-12-19(3)29-24(27)13-20/h4-9,12-13,18,23H,10-11,14-17H2,1-3H3. The highest BCUT2D eigenvalue weighted by Crippen LogP contribution is 2.21. The molecule has 1 amide bonds. The Morgan fingerprint density at radius 3 is 2.88 bits per heavy atom. The normalized spacial score (nSPS) is 16.9. The highest BCUT2D eigenvalue weighted by Gasteiger charge is 2.31. The van der Waals surface area contributed by atoms with Crippen molar-refractivity contribution in [2.75, 3.05) is 26.2 Å². The van der Waals surface area contributed by atoms with Crippen LogP contribution >= 0.6 is 11.6 Å². The van der Waals surface area contributed by atoms with E-state index in [9.17, 15) is 4.79 Å². The Hall–Kier alpha value is -2.54. The van der Waals surface area contributed by atoms with Gasteiger partial charge in [-0.25, -0.2) is 4.98 Å². The maximum Gasteiger partial charge on any atom is 0.253 e. The number of benzene rings is 1. The number of aryl methyl sites for hydroxylation is 1. The van der Waals surface area contributed by atoms with Crippen LogP contribution in [0.5, 0.6) is 0 Å². The number of fused-ring (bicyclic) bond motifs is 1. The number of nitrogens with zero attached hydrogens (tertiary/aromatic N) is 4. The molecule has 3 heterocycles. The van der Waals surface area contributed by atoms with Crippen LogP contribution in [0.15, 0.2) is 48.7 Å². The number of pyridine rings is 2. The van der Waals surface area contributed by atoms with Crippen molar-refractivity contribution in [2.45, 2.75) is 40.0 Å². The van der Waals surface area contributed by atoms with Gasteiger partial charge in [-0.3, -0.25) is 14.7 Å². The van der Waals surface area contributed by atoms with E-state index in [0.717, 1.165) is 34.3 Å². The number of hydrogen-bond acceptors (Lipinski definition) is 5. The third kappa shape index (κ3) is 6.08. The van der Waals surface area contributed by atoms with Gasteiger partial charge < -0.3 is 9.64 Å². The molecule has 1 unspecified atom stereocenters. The number of rotatable bonds is 7. The van der Waals surface area contributed by atoms with E-state index in [1.54, 1.807) is 6.20 Å². The lowest BCUT2D eigenvalue weighted by molar-refractivity contribution is -0.151. The van der Waals surface area contributed by atoms with E-state index in [0.29, 0.717) is 43.9 Å². The topological polar surface area (TPSA) is 58.6 Å². The first-order valence-electron chi connectivity index (χ1n) is 11.5. The molecule has 7 heteroatoms. The number of carbonyl (C=O) groups excluding carboxylic acids is 1. The Morgan fingerprint density at radius 1 is 1.27 bits per heavy atom. The molecule has 1 aliphatic heterocycles. The van der Waals surface area contributed by atoms with Gasteiger partial charge in [-0.05, 0) is 42.2 Å². The van der Waals surface area contributed by atoms with Crippen LogP contribution in [0.3, 0.4) is 0 Å². The number of ether oxygens (including phenoxy) is 1. The predicted molar refractivity (Wildman–Crippen MR) is 131 cm³/mol. The molecule has 0 N–H and O–H groups in total. The first kappa shape index (κ1) is 23.6. The number of amides is 1. The van der Waals surface area contributed by atoms with Crippen molar-refractivity contribution < 1.29 is 9.53 Å². The minimum Gasteiger partial charge on any atom is -0.366 e. The second-order valence-electron chi connectivity index (χ2n) is 9.14. The van der Waals surface area contributed by atoms with E-state index < -0.39 is 6.10 Å². The molecule has 1 aliphatic rings. The van der Waals surface area contributed by atoms with Gasteiger partial charge in [0, 0.05) is 50.0 Å².